The number of hydrogen-bond acceptors (Lipinski definition) is 6. The standard InChI is InChI=1S/C11H18N4O2/c1-15-5-6-16-9(7-15)10-13-11(17-14-10)8-3-2-4-12-8/h8-9,12H,2-7H2,1H3/t8-,9?/m0/s1. The first kappa shape index (κ1) is 11.1. The Bertz CT molecular complexity index is 375. The van der Waals surface area contributed by atoms with E-state index in [0.29, 0.717) is 11.7 Å². The van der Waals surface area contributed by atoms with Crippen LogP contribution in [0.15, 0.2) is 4.52 Å². The molecule has 6 heteroatoms. The van der Waals surface area contributed by atoms with Crippen LogP contribution in [0.1, 0.15) is 36.7 Å². The lowest BCUT2D eigenvalue weighted by molar-refractivity contribution is -0.0264. The molecule has 3 heterocycles. The van der Waals surface area contributed by atoms with Crippen molar-refractivity contribution in [1.82, 2.24) is 20.4 Å². The molecule has 94 valence electrons. The van der Waals surface area contributed by atoms with Crippen molar-refractivity contribution in [2.75, 3.05) is 33.3 Å². The fraction of sp³-hybridized carbons (Fsp3) is 0.818. The number of nitrogens with one attached hydrogen (secondary N) is 1. The van der Waals surface area contributed by atoms with E-state index in [4.69, 9.17) is 9.26 Å². The van der Waals surface area contributed by atoms with Crippen molar-refractivity contribution in [3.8, 4) is 0 Å². The van der Waals surface area contributed by atoms with Crippen molar-refractivity contribution in [1.29, 1.82) is 0 Å². The molecule has 2 saturated heterocycles. The maximum atomic E-state index is 5.66. The van der Waals surface area contributed by atoms with E-state index in [1.807, 2.05) is 0 Å². The molecule has 1 aromatic heterocycles. The number of hydrogen-bond donors (Lipinski definition) is 1. The van der Waals surface area contributed by atoms with Crippen LogP contribution in [0, 0.1) is 0 Å². The van der Waals surface area contributed by atoms with Gasteiger partial charge < -0.3 is 19.5 Å². The highest BCUT2D eigenvalue weighted by Gasteiger charge is 2.27. The highest BCUT2D eigenvalue weighted by atomic mass is 16.5. The van der Waals surface area contributed by atoms with E-state index in [1.54, 1.807) is 0 Å². The average Bonchev–Trinajstić information content (AvgIpc) is 3.00. The number of ether oxygens (including phenoxy) is 1. The first-order valence-corrected chi connectivity index (χ1v) is 6.20. The van der Waals surface area contributed by atoms with E-state index in [9.17, 15) is 0 Å². The third kappa shape index (κ3) is 2.34. The topological polar surface area (TPSA) is 63.4 Å². The first-order chi connectivity index (χ1) is 8.33. The Hall–Kier alpha value is -0.980. The van der Waals surface area contributed by atoms with Gasteiger partial charge in [0.05, 0.1) is 12.6 Å². The Kier molecular flexibility index (Phi) is 3.09. The molecule has 6 nitrogen and oxygen atoms in total. The predicted octanol–water partition coefficient (Wildman–Crippen LogP) is 0.497. The minimum absolute atomic E-state index is 0.0485. The number of aromatic nitrogens is 2. The van der Waals surface area contributed by atoms with Crippen LogP contribution in [-0.2, 0) is 4.74 Å². The van der Waals surface area contributed by atoms with Gasteiger partial charge in [-0.3, -0.25) is 0 Å². The fourth-order valence-electron chi connectivity index (χ4n) is 2.35. The van der Waals surface area contributed by atoms with Crippen LogP contribution < -0.4 is 5.32 Å². The van der Waals surface area contributed by atoms with Crippen molar-refractivity contribution in [3.05, 3.63) is 11.7 Å². The molecule has 0 bridgehead atoms. The first-order valence-electron chi connectivity index (χ1n) is 6.20. The number of likely N-dealkylation sites (N-methyl/N-ethyl adjacent to an activating group) is 1. The molecule has 3 rings (SSSR count). The van der Waals surface area contributed by atoms with Gasteiger partial charge in [0.2, 0.25) is 11.7 Å². The maximum Gasteiger partial charge on any atom is 0.243 e. The van der Waals surface area contributed by atoms with E-state index >= 15 is 0 Å². The smallest absolute Gasteiger partial charge is 0.243 e. The van der Waals surface area contributed by atoms with Gasteiger partial charge in [-0.2, -0.15) is 4.98 Å². The van der Waals surface area contributed by atoms with Gasteiger partial charge in [-0.25, -0.2) is 0 Å². The quantitative estimate of drug-likeness (QED) is 0.809. The Morgan fingerprint density at radius 1 is 1.47 bits per heavy atom. The average molecular weight is 238 g/mol. The van der Waals surface area contributed by atoms with Gasteiger partial charge in [0.15, 0.2) is 0 Å². The van der Waals surface area contributed by atoms with Gasteiger partial charge >= 0.3 is 0 Å². The van der Waals surface area contributed by atoms with Crippen molar-refractivity contribution in [2.45, 2.75) is 25.0 Å². The zero-order chi connectivity index (χ0) is 11.7. The minimum Gasteiger partial charge on any atom is -0.367 e. The SMILES string of the molecule is CN1CCOC(c2noc([C@@H]3CCCN3)n2)C1. The summed E-state index contributed by atoms with van der Waals surface area (Å²) >= 11 is 0. The lowest BCUT2D eigenvalue weighted by Gasteiger charge is -2.27. The van der Waals surface area contributed by atoms with Crippen LogP contribution in [0.4, 0.5) is 0 Å². The van der Waals surface area contributed by atoms with Crippen molar-refractivity contribution in [2.24, 2.45) is 0 Å². The fourth-order valence-corrected chi connectivity index (χ4v) is 2.35. The highest BCUT2D eigenvalue weighted by molar-refractivity contribution is 4.99. The van der Waals surface area contributed by atoms with E-state index in [1.165, 1.54) is 6.42 Å². The van der Waals surface area contributed by atoms with E-state index in [0.717, 1.165) is 32.7 Å². The van der Waals surface area contributed by atoms with Gasteiger partial charge in [-0.1, -0.05) is 5.16 Å². The van der Waals surface area contributed by atoms with Crippen molar-refractivity contribution < 1.29 is 9.26 Å². The second kappa shape index (κ2) is 4.72. The molecule has 0 radical (unpaired) electrons. The lowest BCUT2D eigenvalue weighted by atomic mass is 10.2. The molecular formula is C11H18N4O2. The number of rotatable bonds is 2. The van der Waals surface area contributed by atoms with Crippen LogP contribution in [-0.4, -0.2) is 48.3 Å². The molecule has 2 atom stereocenters. The summed E-state index contributed by atoms with van der Waals surface area (Å²) in [6, 6.07) is 0.234. The molecule has 2 aliphatic heterocycles. The van der Waals surface area contributed by atoms with Gasteiger partial charge in [0.25, 0.3) is 0 Å². The summed E-state index contributed by atoms with van der Waals surface area (Å²) in [7, 11) is 2.08. The summed E-state index contributed by atoms with van der Waals surface area (Å²) in [6.45, 7) is 3.56. The molecule has 2 aliphatic rings. The van der Waals surface area contributed by atoms with E-state index < -0.39 is 0 Å². The molecule has 1 unspecified atom stereocenters. The van der Waals surface area contributed by atoms with Crippen LogP contribution in [0.25, 0.3) is 0 Å². The monoisotopic (exact) mass is 238 g/mol. The highest BCUT2D eigenvalue weighted by Crippen LogP contribution is 2.24. The summed E-state index contributed by atoms with van der Waals surface area (Å²) in [5.41, 5.74) is 0. The summed E-state index contributed by atoms with van der Waals surface area (Å²) < 4.78 is 11.0. The summed E-state index contributed by atoms with van der Waals surface area (Å²) in [5.74, 6) is 1.38. The van der Waals surface area contributed by atoms with Gasteiger partial charge in [0.1, 0.15) is 6.10 Å². The second-order valence-corrected chi connectivity index (χ2v) is 4.76. The van der Waals surface area contributed by atoms with Gasteiger partial charge in [-0.15, -0.1) is 0 Å². The van der Waals surface area contributed by atoms with E-state index in [-0.39, 0.29) is 12.1 Å². The summed E-state index contributed by atoms with van der Waals surface area (Å²) in [6.07, 6.45) is 2.20. The van der Waals surface area contributed by atoms with Crippen LogP contribution in [0.2, 0.25) is 0 Å². The summed E-state index contributed by atoms with van der Waals surface area (Å²) in [5, 5.41) is 7.39. The minimum atomic E-state index is -0.0485. The molecular weight excluding hydrogens is 220 g/mol. The Morgan fingerprint density at radius 2 is 2.41 bits per heavy atom. The van der Waals surface area contributed by atoms with Crippen LogP contribution >= 0.6 is 0 Å². The summed E-state index contributed by atoms with van der Waals surface area (Å²) in [4.78, 5) is 6.68. The molecule has 1 N–H and O–H groups in total. The maximum absolute atomic E-state index is 5.66. The molecule has 0 amide bonds. The molecule has 1 aromatic rings. The molecule has 0 aliphatic carbocycles. The van der Waals surface area contributed by atoms with Gasteiger partial charge in [0, 0.05) is 13.1 Å². The van der Waals surface area contributed by atoms with Crippen LogP contribution in [0.3, 0.4) is 0 Å². The normalized spacial score (nSPS) is 30.9. The predicted molar refractivity (Wildman–Crippen MR) is 60.5 cm³/mol. The number of nitrogens with zero attached hydrogens (tertiary/aromatic N) is 3. The second-order valence-electron chi connectivity index (χ2n) is 4.76. The van der Waals surface area contributed by atoms with Crippen molar-refractivity contribution >= 4 is 0 Å². The molecule has 17 heavy (non-hydrogen) atoms. The Balaban J connectivity index is 1.70. The Morgan fingerprint density at radius 3 is 3.18 bits per heavy atom. The largest absolute Gasteiger partial charge is 0.367 e. The zero-order valence-corrected chi connectivity index (χ0v) is 10.1. The molecule has 0 spiro atoms. The third-order valence-corrected chi connectivity index (χ3v) is 3.37. The third-order valence-electron chi connectivity index (χ3n) is 3.37. The molecule has 0 aromatic carbocycles. The zero-order valence-electron chi connectivity index (χ0n) is 10.1. The molecule has 0 saturated carbocycles. The number of morpholine rings is 1. The van der Waals surface area contributed by atoms with Gasteiger partial charge in [-0.05, 0) is 26.4 Å². The van der Waals surface area contributed by atoms with E-state index in [2.05, 4.69) is 27.4 Å². The molecule has 2 fully saturated rings. The lowest BCUT2D eigenvalue weighted by Crippen LogP contribution is -2.35. The Labute approximate surface area is 100 Å². The van der Waals surface area contributed by atoms with Crippen LogP contribution in [0.5, 0.6) is 0 Å². The van der Waals surface area contributed by atoms with Crippen molar-refractivity contribution in [3.63, 3.8) is 0 Å².